The first kappa shape index (κ1) is 63.3. The number of aliphatic hydroxyl groups is 2. The molecule has 2 bridgehead atoms. The van der Waals surface area contributed by atoms with Gasteiger partial charge < -0.3 is 24.4 Å². The molecule has 1 heterocycles. The van der Waals surface area contributed by atoms with Crippen molar-refractivity contribution in [1.29, 1.82) is 0 Å². The van der Waals surface area contributed by atoms with Gasteiger partial charge >= 0.3 is 54.3 Å². The number of fused-ring (bicyclic) bond motifs is 2. The van der Waals surface area contributed by atoms with E-state index in [1.54, 1.807) is 0 Å². The van der Waals surface area contributed by atoms with Gasteiger partial charge in [0.2, 0.25) is 11.7 Å². The Balaban J connectivity index is -0.000000420. The van der Waals surface area contributed by atoms with Crippen LogP contribution >= 0.6 is 0 Å². The van der Waals surface area contributed by atoms with Crippen LogP contribution < -0.4 is 0 Å². The minimum Gasteiger partial charge on any atom is -0.469 e. The van der Waals surface area contributed by atoms with Gasteiger partial charge in [0.05, 0.1) is 17.9 Å². The number of hydrogen-bond donors (Lipinski definition) is 2. The van der Waals surface area contributed by atoms with Gasteiger partial charge in [-0.1, -0.05) is 50.0 Å². The minimum atomic E-state index is -6.66. The molecule has 7 nitrogen and oxygen atoms in total. The van der Waals surface area contributed by atoms with Crippen molar-refractivity contribution in [1.82, 2.24) is 0 Å². The molecule has 0 amide bonds. The van der Waals surface area contributed by atoms with Gasteiger partial charge in [0.25, 0.3) is 5.60 Å². The molecule has 59 heavy (non-hydrogen) atoms. The first-order chi connectivity index (χ1) is 24.1. The van der Waals surface area contributed by atoms with E-state index in [4.69, 9.17) is 5.11 Å². The maximum absolute atomic E-state index is 14.4. The van der Waals surface area contributed by atoms with Gasteiger partial charge in [-0.3, -0.25) is 9.59 Å². The molecule has 23 heteroatoms. The van der Waals surface area contributed by atoms with E-state index in [0.29, 0.717) is 19.3 Å². The molecule has 0 spiro atoms. The molecule has 2 N–H and O–H groups in total. The van der Waals surface area contributed by atoms with E-state index < -0.39 is 90.3 Å². The van der Waals surface area contributed by atoms with Crippen molar-refractivity contribution in [3.8, 4) is 0 Å². The maximum atomic E-state index is 14.4. The molecule has 3 fully saturated rings. The number of esters is 2. The summed E-state index contributed by atoms with van der Waals surface area (Å²) >= 11 is 0. The monoisotopic (exact) mass is 908 g/mol. The van der Waals surface area contributed by atoms with E-state index in [1.165, 1.54) is 14.0 Å². The highest BCUT2D eigenvalue weighted by Gasteiger charge is 2.90. The van der Waals surface area contributed by atoms with Gasteiger partial charge in [-0.2, -0.15) is 70.2 Å². The molecule has 0 radical (unpaired) electrons. The average molecular weight is 909 g/mol. The van der Waals surface area contributed by atoms with E-state index in [9.17, 15) is 84.9 Å². The molecule has 6 atom stereocenters. The summed E-state index contributed by atoms with van der Waals surface area (Å²) in [5.74, 6) is -20.7. The summed E-state index contributed by atoms with van der Waals surface area (Å²) in [6, 6.07) is 0. The first-order valence-corrected chi connectivity index (χ1v) is 16.6. The highest BCUT2D eigenvalue weighted by molar-refractivity contribution is 5.76. The van der Waals surface area contributed by atoms with Gasteiger partial charge in [0.1, 0.15) is 0 Å². The Labute approximate surface area is 334 Å². The molecule has 6 unspecified atom stereocenters. The molecule has 0 aromatic heterocycles. The largest absolute Gasteiger partial charge is 0.469 e. The molecular formula is C36H60F16O7. The smallest absolute Gasteiger partial charge is 0.449 e. The van der Waals surface area contributed by atoms with E-state index >= 15 is 0 Å². The number of halogens is 16. The SMILES string of the molecule is C.C.C.C.CCC(C)(C)C(=O)OC.CCC(C)(C)C(=O)OC1C(F)(F)C(C)(C(F)(F)F)OC(O)(C(F)(F)F)C1(F)F.OC(CC1CC2CCC1C2)(C(F)(F)F)C(F)(F)F. The zero-order valence-corrected chi connectivity index (χ0v) is 30.7. The number of ether oxygens (including phenoxy) is 3. The van der Waals surface area contributed by atoms with E-state index in [0.717, 1.165) is 26.7 Å². The number of alkyl halides is 16. The van der Waals surface area contributed by atoms with Crippen LogP contribution in [0.2, 0.25) is 0 Å². The zero-order valence-electron chi connectivity index (χ0n) is 30.7. The second-order valence-electron chi connectivity index (χ2n) is 15.3. The van der Waals surface area contributed by atoms with Crippen molar-refractivity contribution in [2.75, 3.05) is 7.11 Å². The van der Waals surface area contributed by atoms with E-state index in [2.05, 4.69) is 14.2 Å². The summed E-state index contributed by atoms with van der Waals surface area (Å²) in [6.07, 6.45) is -27.0. The van der Waals surface area contributed by atoms with Crippen LogP contribution in [-0.2, 0) is 23.8 Å². The molecular weight excluding hydrogens is 848 g/mol. The Morgan fingerprint density at radius 2 is 1.10 bits per heavy atom. The number of hydrogen-bond acceptors (Lipinski definition) is 7. The van der Waals surface area contributed by atoms with Crippen molar-refractivity contribution in [3.63, 3.8) is 0 Å². The van der Waals surface area contributed by atoms with Crippen LogP contribution in [0.25, 0.3) is 0 Å². The normalized spacial score (nSPS) is 27.7. The first-order valence-electron chi connectivity index (χ1n) is 16.6. The molecule has 3 rings (SSSR count). The van der Waals surface area contributed by atoms with Crippen LogP contribution in [0.4, 0.5) is 70.2 Å². The topological polar surface area (TPSA) is 102 Å². The van der Waals surface area contributed by atoms with Crippen molar-refractivity contribution < 1.29 is 104 Å². The Morgan fingerprint density at radius 3 is 1.37 bits per heavy atom. The highest BCUT2D eigenvalue weighted by Crippen LogP contribution is 2.62. The van der Waals surface area contributed by atoms with E-state index in [1.807, 2.05) is 20.8 Å². The summed E-state index contributed by atoms with van der Waals surface area (Å²) in [7, 11) is 1.42. The molecule has 1 saturated heterocycles. The van der Waals surface area contributed by atoms with Crippen LogP contribution in [0.3, 0.4) is 0 Å². The summed E-state index contributed by atoms with van der Waals surface area (Å²) in [4.78, 5) is 22.7. The minimum absolute atomic E-state index is 0. The molecule has 2 saturated carbocycles. The highest BCUT2D eigenvalue weighted by atomic mass is 19.4. The van der Waals surface area contributed by atoms with Gasteiger partial charge in [-0.05, 0) is 90.9 Å². The van der Waals surface area contributed by atoms with Crippen molar-refractivity contribution in [3.05, 3.63) is 0 Å². The lowest BCUT2D eigenvalue weighted by Crippen LogP contribution is -2.82. The van der Waals surface area contributed by atoms with Crippen molar-refractivity contribution >= 4 is 11.9 Å². The molecule has 0 aromatic carbocycles. The van der Waals surface area contributed by atoms with Crippen LogP contribution in [0.15, 0.2) is 0 Å². The summed E-state index contributed by atoms with van der Waals surface area (Å²) in [5, 5.41) is 18.4. The average Bonchev–Trinajstić information content (AvgIpc) is 3.64. The van der Waals surface area contributed by atoms with Gasteiger partial charge in [0.15, 0.2) is 0 Å². The molecule has 0 aromatic rings. The fourth-order valence-electron chi connectivity index (χ4n) is 5.96. The lowest BCUT2D eigenvalue weighted by molar-refractivity contribution is -0.537. The third-order valence-electron chi connectivity index (χ3n) is 10.7. The van der Waals surface area contributed by atoms with Crippen molar-refractivity contribution in [2.24, 2.45) is 28.6 Å². The quantitative estimate of drug-likeness (QED) is 0.194. The summed E-state index contributed by atoms with van der Waals surface area (Å²) in [6.45, 7) is 8.26. The van der Waals surface area contributed by atoms with E-state index in [-0.39, 0.29) is 59.3 Å². The Morgan fingerprint density at radius 1 is 0.695 bits per heavy atom. The number of methoxy groups -OCH3 is 1. The molecule has 358 valence electrons. The third kappa shape index (κ3) is 12.0. The van der Waals surface area contributed by atoms with Crippen LogP contribution in [-0.4, -0.2) is 88.9 Å². The fraction of sp³-hybridized carbons (Fsp3) is 0.944. The molecule has 3 aliphatic rings. The summed E-state index contributed by atoms with van der Waals surface area (Å²) < 4.78 is 222. The van der Waals surface area contributed by atoms with Crippen LogP contribution in [0, 0.1) is 28.6 Å². The van der Waals surface area contributed by atoms with Gasteiger partial charge in [-0.25, -0.2) is 0 Å². The Kier molecular flexibility index (Phi) is 21.3. The zero-order chi connectivity index (χ0) is 44.0. The molecule has 2 aliphatic carbocycles. The predicted molar refractivity (Wildman–Crippen MR) is 184 cm³/mol. The van der Waals surface area contributed by atoms with Crippen LogP contribution in [0.1, 0.15) is 123 Å². The number of rotatable bonds is 7. The number of carbonyl (C=O) groups is 2. The lowest BCUT2D eigenvalue weighted by atomic mass is 9.79. The second kappa shape index (κ2) is 19.8. The van der Waals surface area contributed by atoms with Crippen molar-refractivity contribution in [2.45, 2.75) is 183 Å². The maximum Gasteiger partial charge on any atom is 0.449 e. The van der Waals surface area contributed by atoms with Gasteiger partial charge in [0, 0.05) is 0 Å². The van der Waals surface area contributed by atoms with Crippen LogP contribution in [0.5, 0.6) is 0 Å². The predicted octanol–water partition coefficient (Wildman–Crippen LogP) is 12.0. The Hall–Kier alpha value is -2.30. The number of carbonyl (C=O) groups excluding carboxylic acids is 2. The Bertz CT molecular complexity index is 1290. The van der Waals surface area contributed by atoms with Gasteiger partial charge in [-0.15, -0.1) is 0 Å². The second-order valence-corrected chi connectivity index (χ2v) is 15.3. The molecule has 1 aliphatic heterocycles. The standard InChI is InChI=1S/C14H16F10O4.C11H14F6O.C7H14O2.4CH4/c1-5-8(2,3)7(25)27-6-10(15,16)9(4,13(19,20)21)28-12(26,11(6,17)18)14(22,23)24;12-10(13,14)9(18,11(15,16)17)5-8-4-6-1-2-7(8)3-6;1-5-7(2,3)6(8)9-4;;;;/h6,26H,5H2,1-4H3;6-8,18H,1-5H2;5H2,1-4H3;4*1H4. The summed E-state index contributed by atoms with van der Waals surface area (Å²) in [5.41, 5.74) is -12.0. The third-order valence-corrected chi connectivity index (χ3v) is 10.7. The lowest BCUT2D eigenvalue weighted by Gasteiger charge is -2.54. The fourth-order valence-corrected chi connectivity index (χ4v) is 5.96.